The van der Waals surface area contributed by atoms with E-state index < -0.39 is 23.4 Å². The molecular formula is C18H14F2N6O3S. The highest BCUT2D eigenvalue weighted by Crippen LogP contribution is 2.30. The van der Waals surface area contributed by atoms with Gasteiger partial charge in [0.2, 0.25) is 0 Å². The van der Waals surface area contributed by atoms with Crippen LogP contribution in [0.25, 0.3) is 16.2 Å². The molecule has 30 heavy (non-hydrogen) atoms. The molecule has 5 heterocycles. The minimum Gasteiger partial charge on any atom is -0.364 e. The van der Waals surface area contributed by atoms with E-state index in [9.17, 15) is 23.8 Å². The first-order valence-electron chi connectivity index (χ1n) is 8.89. The molecule has 0 amide bonds. The molecule has 0 bridgehead atoms. The Hall–Kier alpha value is -3.22. The van der Waals surface area contributed by atoms with Crippen LogP contribution in [0.15, 0.2) is 41.0 Å². The van der Waals surface area contributed by atoms with Crippen LogP contribution >= 0.6 is 11.3 Å². The highest BCUT2D eigenvalue weighted by Gasteiger charge is 2.32. The Morgan fingerprint density at radius 1 is 1.23 bits per heavy atom. The van der Waals surface area contributed by atoms with Gasteiger partial charge in [-0.25, -0.2) is 18.7 Å². The first kappa shape index (κ1) is 18.8. The largest absolute Gasteiger partial charge is 0.364 e. The number of halogens is 2. The summed E-state index contributed by atoms with van der Waals surface area (Å²) >= 11 is 1.25. The van der Waals surface area contributed by atoms with E-state index in [1.165, 1.54) is 33.0 Å². The predicted molar refractivity (Wildman–Crippen MR) is 104 cm³/mol. The van der Waals surface area contributed by atoms with Gasteiger partial charge >= 0.3 is 0 Å². The average Bonchev–Trinajstić information content (AvgIpc) is 3.34. The van der Waals surface area contributed by atoms with Gasteiger partial charge in [0.15, 0.2) is 39.9 Å². The summed E-state index contributed by atoms with van der Waals surface area (Å²) < 4.78 is 30.9. The molecule has 0 aromatic carbocycles. The number of anilines is 1. The number of hydrogen-bond acceptors (Lipinski definition) is 8. The summed E-state index contributed by atoms with van der Waals surface area (Å²) in [6, 6.07) is 0.913. The molecule has 4 aromatic heterocycles. The number of thiazole rings is 1. The van der Waals surface area contributed by atoms with Crippen LogP contribution in [0.3, 0.4) is 0 Å². The van der Waals surface area contributed by atoms with Crippen molar-refractivity contribution in [3.8, 4) is 5.13 Å². The van der Waals surface area contributed by atoms with E-state index in [-0.39, 0.29) is 28.5 Å². The summed E-state index contributed by atoms with van der Waals surface area (Å²) in [6.07, 6.45) is 3.15. The van der Waals surface area contributed by atoms with E-state index in [1.807, 2.05) is 0 Å². The summed E-state index contributed by atoms with van der Waals surface area (Å²) in [5.74, 6) is -1.13. The van der Waals surface area contributed by atoms with Crippen molar-refractivity contribution >= 4 is 28.2 Å². The predicted octanol–water partition coefficient (Wildman–Crippen LogP) is 1.36. The summed E-state index contributed by atoms with van der Waals surface area (Å²) in [7, 11) is 0. The van der Waals surface area contributed by atoms with Gasteiger partial charge in [-0.15, -0.1) is 11.3 Å². The molecular weight excluding hydrogens is 418 g/mol. The van der Waals surface area contributed by atoms with Crippen molar-refractivity contribution < 1.29 is 19.0 Å². The zero-order chi connectivity index (χ0) is 21.0. The highest BCUT2D eigenvalue weighted by atomic mass is 32.1. The molecule has 1 fully saturated rings. The number of rotatable bonds is 4. The third kappa shape index (κ3) is 2.96. The minimum absolute atomic E-state index is 0.0355. The maximum Gasteiger partial charge on any atom is 0.199 e. The Kier molecular flexibility index (Phi) is 4.34. The summed E-state index contributed by atoms with van der Waals surface area (Å²) in [6.45, 7) is 0.733. The first-order chi connectivity index (χ1) is 14.4. The van der Waals surface area contributed by atoms with Gasteiger partial charge in [0, 0.05) is 30.9 Å². The first-order valence-corrected chi connectivity index (χ1v) is 9.76. The quantitative estimate of drug-likeness (QED) is 0.469. The molecule has 0 atom stereocenters. The van der Waals surface area contributed by atoms with Crippen LogP contribution in [0.1, 0.15) is 17.9 Å². The second kappa shape index (κ2) is 6.93. The van der Waals surface area contributed by atoms with Crippen molar-refractivity contribution in [3.63, 3.8) is 0 Å². The number of nitrogens with zero attached hydrogens (tertiary/aromatic N) is 6. The Balaban J connectivity index is 1.60. The molecule has 0 radical (unpaired) electrons. The summed E-state index contributed by atoms with van der Waals surface area (Å²) in [4.78, 5) is 22.8. The van der Waals surface area contributed by atoms with E-state index >= 15 is 0 Å². The lowest BCUT2D eigenvalue weighted by atomic mass is 10.1. The second-order valence-electron chi connectivity index (χ2n) is 6.83. The van der Waals surface area contributed by atoms with Gasteiger partial charge in [-0.1, -0.05) is 0 Å². The molecule has 1 saturated heterocycles. The van der Waals surface area contributed by atoms with E-state index in [2.05, 4.69) is 15.1 Å². The lowest BCUT2D eigenvalue weighted by Crippen LogP contribution is -2.48. The van der Waals surface area contributed by atoms with Gasteiger partial charge in [-0.2, -0.15) is 5.10 Å². The van der Waals surface area contributed by atoms with Crippen LogP contribution < -0.4 is 10.3 Å². The SMILES string of the molecule is O=c1c(C(O)O)cn(-c2nccs2)c2nc(N3CC(n4cc(F)cn4)C3)c(F)cc12. The maximum absolute atomic E-state index is 14.8. The summed E-state index contributed by atoms with van der Waals surface area (Å²) in [5, 5.41) is 25.1. The van der Waals surface area contributed by atoms with Gasteiger partial charge in [0.05, 0.1) is 29.4 Å². The van der Waals surface area contributed by atoms with E-state index in [4.69, 9.17) is 0 Å². The molecule has 154 valence electrons. The number of aliphatic hydroxyl groups excluding tert-OH is 1. The summed E-state index contributed by atoms with van der Waals surface area (Å²) in [5.41, 5.74) is -0.889. The van der Waals surface area contributed by atoms with Crippen LogP contribution in [0.5, 0.6) is 0 Å². The Labute approximate surface area is 171 Å². The molecule has 9 nitrogen and oxygen atoms in total. The van der Waals surface area contributed by atoms with Crippen molar-refractivity contribution in [2.45, 2.75) is 12.3 Å². The Morgan fingerprint density at radius 2 is 2.03 bits per heavy atom. The fourth-order valence-corrected chi connectivity index (χ4v) is 4.05. The van der Waals surface area contributed by atoms with Crippen LogP contribution in [-0.4, -0.2) is 47.6 Å². The van der Waals surface area contributed by atoms with Gasteiger partial charge in [0.1, 0.15) is 0 Å². The normalized spacial score (nSPS) is 14.6. The number of aromatic nitrogens is 5. The number of hydrogen-bond donors (Lipinski definition) is 2. The van der Waals surface area contributed by atoms with Crippen LogP contribution in [0, 0.1) is 11.6 Å². The third-order valence-corrected chi connectivity index (χ3v) is 5.72. The van der Waals surface area contributed by atoms with Crippen LogP contribution in [0.4, 0.5) is 14.6 Å². The number of fused-ring (bicyclic) bond motifs is 1. The fourth-order valence-electron chi connectivity index (χ4n) is 3.43. The molecule has 4 aromatic rings. The second-order valence-corrected chi connectivity index (χ2v) is 7.71. The molecule has 1 aliphatic rings. The van der Waals surface area contributed by atoms with Gasteiger partial charge in [-0.3, -0.25) is 14.0 Å². The highest BCUT2D eigenvalue weighted by molar-refractivity contribution is 7.12. The molecule has 0 spiro atoms. The molecule has 0 aliphatic carbocycles. The zero-order valence-corrected chi connectivity index (χ0v) is 16.0. The zero-order valence-electron chi connectivity index (χ0n) is 15.2. The number of aliphatic hydroxyl groups is 2. The van der Waals surface area contributed by atoms with Crippen molar-refractivity contribution in [1.82, 2.24) is 24.3 Å². The number of pyridine rings is 2. The molecule has 1 aliphatic heterocycles. The average molecular weight is 432 g/mol. The van der Waals surface area contributed by atoms with Gasteiger partial charge in [-0.05, 0) is 6.07 Å². The lowest BCUT2D eigenvalue weighted by molar-refractivity contribution is -0.0434. The lowest BCUT2D eigenvalue weighted by Gasteiger charge is -2.40. The molecule has 5 rings (SSSR count). The van der Waals surface area contributed by atoms with Gasteiger partial charge < -0.3 is 15.1 Å². The smallest absolute Gasteiger partial charge is 0.199 e. The monoisotopic (exact) mass is 432 g/mol. The molecule has 2 N–H and O–H groups in total. The van der Waals surface area contributed by atoms with Crippen molar-refractivity contribution in [3.05, 3.63) is 63.7 Å². The van der Waals surface area contributed by atoms with E-state index in [0.717, 1.165) is 12.3 Å². The van der Waals surface area contributed by atoms with Crippen molar-refractivity contribution in [1.29, 1.82) is 0 Å². The van der Waals surface area contributed by atoms with E-state index in [0.29, 0.717) is 18.2 Å². The fraction of sp³-hybridized carbons (Fsp3) is 0.222. The van der Waals surface area contributed by atoms with Crippen molar-refractivity contribution in [2.75, 3.05) is 18.0 Å². The molecule has 0 saturated carbocycles. The Bertz CT molecular complexity index is 1300. The third-order valence-electron chi connectivity index (χ3n) is 4.95. The Morgan fingerprint density at radius 3 is 2.67 bits per heavy atom. The van der Waals surface area contributed by atoms with E-state index in [1.54, 1.807) is 16.5 Å². The molecule has 0 unspecified atom stereocenters. The van der Waals surface area contributed by atoms with Gasteiger partial charge in [0.25, 0.3) is 0 Å². The maximum atomic E-state index is 14.8. The van der Waals surface area contributed by atoms with Crippen molar-refractivity contribution in [2.24, 2.45) is 0 Å². The van der Waals surface area contributed by atoms with Crippen LogP contribution in [0.2, 0.25) is 0 Å². The standard InChI is InChI=1S/C18H14F2N6O3S/c19-9-4-22-26(5-9)10-6-24(7-10)16-13(20)3-11-14(27)12(17(28)29)8-25(15(11)23-16)18-21-1-2-30-18/h1-5,8,10,17,28-29H,6-7H2. The minimum atomic E-state index is -2.03. The van der Waals surface area contributed by atoms with Crippen LogP contribution in [-0.2, 0) is 0 Å². The molecule has 12 heteroatoms. The topological polar surface area (TPSA) is 109 Å².